The van der Waals surface area contributed by atoms with Crippen molar-refractivity contribution in [1.29, 1.82) is 0 Å². The maximum Gasteiger partial charge on any atom is 0.296 e. The van der Waals surface area contributed by atoms with Crippen LogP contribution in [0.5, 0.6) is 5.75 Å². The Morgan fingerprint density at radius 3 is 2.12 bits per heavy atom. The fourth-order valence-corrected chi connectivity index (χ4v) is 4.83. The summed E-state index contributed by atoms with van der Waals surface area (Å²) in [5, 5.41) is 24.2. The summed E-state index contributed by atoms with van der Waals surface area (Å²) in [7, 11) is -9.70. The molecule has 0 aliphatic carbocycles. The molecule has 42 heavy (non-hydrogen) atoms. The van der Waals surface area contributed by atoms with E-state index in [0.29, 0.717) is 11.4 Å². The van der Waals surface area contributed by atoms with Gasteiger partial charge in [-0.05, 0) is 67.2 Å². The van der Waals surface area contributed by atoms with E-state index in [-0.39, 0.29) is 28.0 Å². The van der Waals surface area contributed by atoms with Gasteiger partial charge in [-0.15, -0.1) is 10.2 Å². The minimum absolute atomic E-state index is 0.0477. The van der Waals surface area contributed by atoms with E-state index in [1.807, 2.05) is 31.2 Å². The highest BCUT2D eigenvalue weighted by Crippen LogP contribution is 2.42. The fourth-order valence-electron chi connectivity index (χ4n) is 3.59. The largest absolute Gasteiger partial charge is 0.505 e. The zero-order chi connectivity index (χ0) is 30.8. The maximum atomic E-state index is 12.2. The van der Waals surface area contributed by atoms with Gasteiger partial charge in [-0.1, -0.05) is 30.4 Å². The normalized spacial score (nSPS) is 12.5. The van der Waals surface area contributed by atoms with Crippen molar-refractivity contribution in [2.45, 2.75) is 18.7 Å². The van der Waals surface area contributed by atoms with Gasteiger partial charge in [-0.3, -0.25) is 9.11 Å². The molecule has 0 aliphatic heterocycles. The molecule has 0 bridgehead atoms. The number of aromatic hydroxyl groups is 1. The highest BCUT2D eigenvalue weighted by molar-refractivity contribution is 7.90. The van der Waals surface area contributed by atoms with Gasteiger partial charge < -0.3 is 15.7 Å². The summed E-state index contributed by atoms with van der Waals surface area (Å²) in [4.78, 5) is 10.7. The molecule has 0 spiro atoms. The molecule has 0 radical (unpaired) electrons. The lowest BCUT2D eigenvalue weighted by Gasteiger charge is -2.12. The molecule has 0 amide bonds. The van der Waals surface area contributed by atoms with Gasteiger partial charge in [-0.2, -0.15) is 31.8 Å². The fraction of sp³-hybridized carbons (Fsp3) is 0.0800. The molecule has 17 heteroatoms. The quantitative estimate of drug-likeness (QED) is 0.0839. The average Bonchev–Trinajstić information content (AvgIpc) is 2.89. The molecule has 0 aliphatic rings. The van der Waals surface area contributed by atoms with Gasteiger partial charge in [-0.25, -0.2) is 0 Å². The lowest BCUT2D eigenvalue weighted by atomic mass is 10.1. The minimum atomic E-state index is -4.97. The molecule has 4 rings (SSSR count). The highest BCUT2D eigenvalue weighted by atomic mass is 35.5. The average molecular weight is 632 g/mol. The van der Waals surface area contributed by atoms with Crippen molar-refractivity contribution in [1.82, 2.24) is 15.0 Å². The van der Waals surface area contributed by atoms with E-state index in [1.165, 1.54) is 25.1 Å². The van der Waals surface area contributed by atoms with Crippen LogP contribution in [-0.2, 0) is 20.2 Å². The number of aromatic nitrogens is 3. The van der Waals surface area contributed by atoms with Gasteiger partial charge in [0.2, 0.25) is 17.2 Å². The summed E-state index contributed by atoms with van der Waals surface area (Å²) in [6.07, 6.45) is 1.14. The van der Waals surface area contributed by atoms with Crippen LogP contribution in [-0.4, -0.2) is 46.0 Å². The number of benzene rings is 3. The second kappa shape index (κ2) is 11.8. The van der Waals surface area contributed by atoms with Crippen molar-refractivity contribution in [2.75, 3.05) is 10.6 Å². The van der Waals surface area contributed by atoms with Crippen molar-refractivity contribution in [3.63, 3.8) is 0 Å². The van der Waals surface area contributed by atoms with Crippen LogP contribution >= 0.6 is 11.6 Å². The van der Waals surface area contributed by atoms with Crippen LogP contribution in [0.1, 0.15) is 12.5 Å². The first-order valence-electron chi connectivity index (χ1n) is 11.7. The van der Waals surface area contributed by atoms with Crippen molar-refractivity contribution >= 4 is 71.6 Å². The van der Waals surface area contributed by atoms with Crippen molar-refractivity contribution in [3.8, 4) is 5.75 Å². The Morgan fingerprint density at radius 1 is 0.952 bits per heavy atom. The van der Waals surface area contributed by atoms with Crippen LogP contribution in [0.25, 0.3) is 10.8 Å². The van der Waals surface area contributed by atoms with Crippen LogP contribution in [0.2, 0.25) is 5.28 Å². The summed E-state index contributed by atoms with van der Waals surface area (Å²) in [6, 6.07) is 12.9. The molecule has 0 unspecified atom stereocenters. The first-order valence-corrected chi connectivity index (χ1v) is 15.0. The highest BCUT2D eigenvalue weighted by Gasteiger charge is 2.23. The number of azo groups is 1. The third-order valence-corrected chi connectivity index (χ3v) is 7.50. The van der Waals surface area contributed by atoms with Gasteiger partial charge >= 0.3 is 0 Å². The summed E-state index contributed by atoms with van der Waals surface area (Å²) in [6.45, 7) is 6.52. The lowest BCUT2D eigenvalue weighted by Crippen LogP contribution is -2.04. The first kappa shape index (κ1) is 30.5. The molecule has 5 N–H and O–H groups in total. The van der Waals surface area contributed by atoms with E-state index in [2.05, 4.69) is 42.4 Å². The van der Waals surface area contributed by atoms with Crippen molar-refractivity contribution < 1.29 is 31.0 Å². The summed E-state index contributed by atoms with van der Waals surface area (Å²) < 4.78 is 66.2. The Kier molecular flexibility index (Phi) is 8.55. The molecular weight excluding hydrogens is 610 g/mol. The Morgan fingerprint density at radius 2 is 1.55 bits per heavy atom. The number of phenols is 1. The molecule has 218 valence electrons. The van der Waals surface area contributed by atoms with E-state index < -0.39 is 47.2 Å². The van der Waals surface area contributed by atoms with Crippen molar-refractivity contribution in [2.24, 2.45) is 10.2 Å². The van der Waals surface area contributed by atoms with Crippen LogP contribution in [0.3, 0.4) is 0 Å². The number of phenolic OH excluding ortho intramolecular Hbond substituents is 1. The van der Waals surface area contributed by atoms with E-state index >= 15 is 0 Å². The Labute approximate surface area is 245 Å². The van der Waals surface area contributed by atoms with Gasteiger partial charge in [0.25, 0.3) is 20.2 Å². The summed E-state index contributed by atoms with van der Waals surface area (Å²) in [5.74, 6) is -0.483. The molecule has 4 aromatic rings. The molecular formula is C25H22ClN7O7S2. The minimum Gasteiger partial charge on any atom is -0.505 e. The third-order valence-electron chi connectivity index (χ3n) is 5.63. The third kappa shape index (κ3) is 7.04. The SMILES string of the molecule is C=C(/C(=C\C)N=Nc1c(S(=O)(=O)O)cc2cc(Nc3nc(Cl)nc(Nc4ccc(C)cc4)n3)ccc2c1O)S(=O)(=O)O. The van der Waals surface area contributed by atoms with Crippen LogP contribution in [0, 0.1) is 6.92 Å². The lowest BCUT2D eigenvalue weighted by molar-refractivity contribution is 0.472. The molecule has 1 aromatic heterocycles. The number of aryl methyl sites for hydroxylation is 1. The number of nitrogens with one attached hydrogen (secondary N) is 2. The molecule has 14 nitrogen and oxygen atoms in total. The van der Waals surface area contributed by atoms with E-state index in [0.717, 1.165) is 17.7 Å². The number of nitrogens with zero attached hydrogens (tertiary/aromatic N) is 5. The zero-order valence-electron chi connectivity index (χ0n) is 21.8. The smallest absolute Gasteiger partial charge is 0.296 e. The molecule has 1 heterocycles. The van der Waals surface area contributed by atoms with Crippen LogP contribution in [0.15, 0.2) is 86.9 Å². The number of hydrogen-bond acceptors (Lipinski definition) is 12. The molecule has 0 saturated heterocycles. The van der Waals surface area contributed by atoms with Gasteiger partial charge in [0.1, 0.15) is 21.2 Å². The second-order valence-corrected chi connectivity index (χ2v) is 11.8. The number of anilines is 4. The topological polar surface area (TPSA) is 216 Å². The monoisotopic (exact) mass is 631 g/mol. The standard InChI is InChI=1S/C25H22ClN7O7S2/c1-4-19(14(3)41(35,36)37)32-33-21-20(42(38,39)40)12-15-11-17(9-10-18(15)22(21)34)28-25-30-23(26)29-24(31-25)27-16-7-5-13(2)6-8-16/h4-12,34H,3H2,1-2H3,(H,35,36,37)(H,38,39,40)(H2,27,28,29,30,31)/b19-4+,33-32?. The Balaban J connectivity index is 1.72. The Bertz CT molecular complexity index is 2000. The number of allylic oxidation sites excluding steroid dienone is 1. The predicted octanol–water partition coefficient (Wildman–Crippen LogP) is 5.82. The number of fused-ring (bicyclic) bond motifs is 1. The summed E-state index contributed by atoms with van der Waals surface area (Å²) >= 11 is 6.07. The number of halogens is 1. The van der Waals surface area contributed by atoms with E-state index in [1.54, 1.807) is 0 Å². The van der Waals surface area contributed by atoms with Crippen LogP contribution in [0.4, 0.5) is 29.0 Å². The number of rotatable bonds is 9. The van der Waals surface area contributed by atoms with Gasteiger partial charge in [0.05, 0.1) is 0 Å². The summed E-state index contributed by atoms with van der Waals surface area (Å²) in [5.41, 5.74) is 1.03. The van der Waals surface area contributed by atoms with Crippen LogP contribution < -0.4 is 10.6 Å². The predicted molar refractivity (Wildman–Crippen MR) is 157 cm³/mol. The zero-order valence-corrected chi connectivity index (χ0v) is 24.2. The molecule has 0 saturated carbocycles. The second-order valence-electron chi connectivity index (χ2n) is 8.62. The molecule has 0 atom stereocenters. The maximum absolute atomic E-state index is 12.2. The number of hydrogen-bond donors (Lipinski definition) is 5. The van der Waals surface area contributed by atoms with Crippen molar-refractivity contribution in [3.05, 3.63) is 82.6 Å². The molecule has 3 aromatic carbocycles. The van der Waals surface area contributed by atoms with E-state index in [9.17, 15) is 31.0 Å². The van der Waals surface area contributed by atoms with E-state index in [4.69, 9.17) is 11.6 Å². The van der Waals surface area contributed by atoms with Gasteiger partial charge in [0.15, 0.2) is 5.75 Å². The molecule has 0 fully saturated rings. The van der Waals surface area contributed by atoms with Gasteiger partial charge in [0, 0.05) is 16.8 Å². The Hall–Kier alpha value is -4.48. The first-order chi connectivity index (χ1) is 19.7.